The average Bonchev–Trinajstić information content (AvgIpc) is 2.14. The second kappa shape index (κ2) is 2.13. The van der Waals surface area contributed by atoms with Crippen molar-refractivity contribution in [1.29, 1.82) is 0 Å². The van der Waals surface area contributed by atoms with Crippen LogP contribution in [0, 0.1) is 0 Å². The number of rotatable bonds is 0. The molecule has 1 rings (SSSR count). The van der Waals surface area contributed by atoms with E-state index in [-0.39, 0.29) is 0 Å². The zero-order valence-electron chi connectivity index (χ0n) is 4.39. The van der Waals surface area contributed by atoms with Gasteiger partial charge in [-0.2, -0.15) is 0 Å². The summed E-state index contributed by atoms with van der Waals surface area (Å²) < 4.78 is 4.94. The smallest absolute Gasteiger partial charge is 0.188 e. The molecular formula is C5H7NOS. The van der Waals surface area contributed by atoms with E-state index in [0.29, 0.717) is 11.7 Å². The van der Waals surface area contributed by atoms with E-state index in [9.17, 15) is 0 Å². The van der Waals surface area contributed by atoms with Crippen LogP contribution in [0.15, 0.2) is 11.8 Å². The molecule has 2 N–H and O–H groups in total. The number of nitrogens with two attached hydrogens (primary N) is 1. The molecule has 1 aliphatic heterocycles. The Morgan fingerprint density at radius 2 is 2.50 bits per heavy atom. The molecule has 1 saturated heterocycles. The van der Waals surface area contributed by atoms with Crippen LogP contribution in [0.5, 0.6) is 0 Å². The molecule has 0 spiro atoms. The molecular weight excluding hydrogens is 122 g/mol. The molecule has 0 aromatic heterocycles. The molecule has 0 radical (unpaired) electrons. The highest BCUT2D eigenvalue weighted by molar-refractivity contribution is 7.80. The van der Waals surface area contributed by atoms with E-state index in [4.69, 9.17) is 22.7 Å². The van der Waals surface area contributed by atoms with Crippen molar-refractivity contribution < 1.29 is 4.74 Å². The van der Waals surface area contributed by atoms with Crippen LogP contribution in [0.4, 0.5) is 0 Å². The summed E-state index contributed by atoms with van der Waals surface area (Å²) in [5, 5.41) is 0.563. The Kier molecular flexibility index (Phi) is 1.48. The SMILES string of the molecule is NC=C1CCOC1=S. The zero-order valence-corrected chi connectivity index (χ0v) is 5.20. The molecule has 0 aromatic carbocycles. The second-order valence-electron chi connectivity index (χ2n) is 1.58. The minimum absolute atomic E-state index is 0.563. The highest BCUT2D eigenvalue weighted by atomic mass is 32.1. The molecule has 0 unspecified atom stereocenters. The first-order valence-corrected chi connectivity index (χ1v) is 2.83. The average molecular weight is 129 g/mol. The van der Waals surface area contributed by atoms with Gasteiger partial charge in [-0.1, -0.05) is 0 Å². The van der Waals surface area contributed by atoms with E-state index in [1.807, 2.05) is 0 Å². The summed E-state index contributed by atoms with van der Waals surface area (Å²) in [7, 11) is 0. The third kappa shape index (κ3) is 0.816. The molecule has 0 aliphatic carbocycles. The standard InChI is InChI=1S/C5H7NOS/c6-3-4-1-2-7-5(4)8/h3H,1-2,6H2. The first-order chi connectivity index (χ1) is 3.84. The number of ether oxygens (including phenoxy) is 1. The highest BCUT2D eigenvalue weighted by Crippen LogP contribution is 2.12. The lowest BCUT2D eigenvalue weighted by Crippen LogP contribution is -1.93. The van der Waals surface area contributed by atoms with E-state index >= 15 is 0 Å². The fraction of sp³-hybridized carbons (Fsp3) is 0.400. The van der Waals surface area contributed by atoms with Gasteiger partial charge in [-0.25, -0.2) is 0 Å². The number of hydrogen-bond acceptors (Lipinski definition) is 3. The fourth-order valence-corrected chi connectivity index (χ4v) is 0.853. The quantitative estimate of drug-likeness (QED) is 0.384. The zero-order chi connectivity index (χ0) is 5.98. The Hall–Kier alpha value is -0.570. The van der Waals surface area contributed by atoms with Gasteiger partial charge in [0.2, 0.25) is 0 Å². The van der Waals surface area contributed by atoms with E-state index < -0.39 is 0 Å². The Balaban J connectivity index is 2.69. The van der Waals surface area contributed by atoms with Gasteiger partial charge in [0.25, 0.3) is 0 Å². The molecule has 1 heterocycles. The molecule has 0 atom stereocenters. The van der Waals surface area contributed by atoms with Crippen molar-refractivity contribution in [2.24, 2.45) is 5.73 Å². The van der Waals surface area contributed by atoms with Crippen LogP contribution < -0.4 is 5.73 Å². The van der Waals surface area contributed by atoms with Crippen LogP contribution in [0.2, 0.25) is 0 Å². The maximum Gasteiger partial charge on any atom is 0.188 e. The van der Waals surface area contributed by atoms with Crippen LogP contribution in [0.25, 0.3) is 0 Å². The molecule has 8 heavy (non-hydrogen) atoms. The van der Waals surface area contributed by atoms with Crippen LogP contribution in [0.1, 0.15) is 6.42 Å². The number of hydrogen-bond donors (Lipinski definition) is 1. The van der Waals surface area contributed by atoms with Crippen molar-refractivity contribution >= 4 is 17.3 Å². The van der Waals surface area contributed by atoms with Gasteiger partial charge in [-0.3, -0.25) is 0 Å². The van der Waals surface area contributed by atoms with Crippen molar-refractivity contribution in [1.82, 2.24) is 0 Å². The first-order valence-electron chi connectivity index (χ1n) is 2.42. The van der Waals surface area contributed by atoms with Crippen LogP contribution in [0.3, 0.4) is 0 Å². The monoisotopic (exact) mass is 129 g/mol. The lowest BCUT2D eigenvalue weighted by atomic mass is 10.3. The summed E-state index contributed by atoms with van der Waals surface area (Å²) >= 11 is 4.77. The summed E-state index contributed by atoms with van der Waals surface area (Å²) in [6.07, 6.45) is 2.38. The summed E-state index contributed by atoms with van der Waals surface area (Å²) in [6, 6.07) is 0. The van der Waals surface area contributed by atoms with E-state index in [1.165, 1.54) is 6.20 Å². The summed E-state index contributed by atoms with van der Waals surface area (Å²) in [6.45, 7) is 0.696. The Bertz CT molecular complexity index is 141. The van der Waals surface area contributed by atoms with Crippen LogP contribution in [-0.4, -0.2) is 11.7 Å². The van der Waals surface area contributed by atoms with Gasteiger partial charge < -0.3 is 10.5 Å². The van der Waals surface area contributed by atoms with Gasteiger partial charge in [0.1, 0.15) is 0 Å². The lowest BCUT2D eigenvalue weighted by Gasteiger charge is -1.89. The molecule has 2 nitrogen and oxygen atoms in total. The molecule has 0 saturated carbocycles. The van der Waals surface area contributed by atoms with Gasteiger partial charge in [0.05, 0.1) is 6.61 Å². The molecule has 0 amide bonds. The van der Waals surface area contributed by atoms with Crippen LogP contribution in [-0.2, 0) is 4.74 Å². The maximum atomic E-state index is 5.19. The number of thiocarbonyl (C=S) groups is 1. The lowest BCUT2D eigenvalue weighted by molar-refractivity contribution is 0.351. The minimum atomic E-state index is 0.563. The van der Waals surface area contributed by atoms with Gasteiger partial charge in [-0.15, -0.1) is 0 Å². The van der Waals surface area contributed by atoms with Gasteiger partial charge >= 0.3 is 0 Å². The molecule has 1 fully saturated rings. The Labute approximate surface area is 53.3 Å². The summed E-state index contributed by atoms with van der Waals surface area (Å²) in [5.74, 6) is 0. The van der Waals surface area contributed by atoms with Crippen molar-refractivity contribution in [3.63, 3.8) is 0 Å². The topological polar surface area (TPSA) is 35.2 Å². The van der Waals surface area contributed by atoms with Crippen molar-refractivity contribution in [3.05, 3.63) is 11.8 Å². The third-order valence-electron chi connectivity index (χ3n) is 1.07. The van der Waals surface area contributed by atoms with E-state index in [1.54, 1.807) is 0 Å². The predicted octanol–water partition coefficient (Wildman–Crippen LogP) is 0.577. The molecule has 44 valence electrons. The Morgan fingerprint density at radius 3 is 2.75 bits per heavy atom. The molecule has 3 heteroatoms. The summed E-state index contributed by atoms with van der Waals surface area (Å²) in [4.78, 5) is 0. The van der Waals surface area contributed by atoms with Crippen molar-refractivity contribution in [2.45, 2.75) is 6.42 Å². The van der Waals surface area contributed by atoms with Gasteiger partial charge in [0.15, 0.2) is 5.05 Å². The van der Waals surface area contributed by atoms with Gasteiger partial charge in [0, 0.05) is 18.2 Å². The van der Waals surface area contributed by atoms with Crippen LogP contribution >= 0.6 is 12.2 Å². The van der Waals surface area contributed by atoms with Gasteiger partial charge in [-0.05, 0) is 12.2 Å². The van der Waals surface area contributed by atoms with E-state index in [2.05, 4.69) is 0 Å². The summed E-state index contributed by atoms with van der Waals surface area (Å²) in [5.41, 5.74) is 6.15. The maximum absolute atomic E-state index is 5.19. The third-order valence-corrected chi connectivity index (χ3v) is 1.45. The molecule has 1 aliphatic rings. The van der Waals surface area contributed by atoms with Crippen molar-refractivity contribution in [3.8, 4) is 0 Å². The molecule has 0 aromatic rings. The first kappa shape index (κ1) is 5.56. The molecule has 0 bridgehead atoms. The second-order valence-corrected chi connectivity index (χ2v) is 1.95. The largest absolute Gasteiger partial charge is 0.483 e. The fourth-order valence-electron chi connectivity index (χ4n) is 0.600. The predicted molar refractivity (Wildman–Crippen MR) is 35.4 cm³/mol. The normalized spacial score (nSPS) is 24.0. The Morgan fingerprint density at radius 1 is 1.75 bits per heavy atom. The minimum Gasteiger partial charge on any atom is -0.483 e. The van der Waals surface area contributed by atoms with E-state index in [0.717, 1.165) is 12.0 Å². The van der Waals surface area contributed by atoms with Crippen molar-refractivity contribution in [2.75, 3.05) is 6.61 Å². The highest BCUT2D eigenvalue weighted by Gasteiger charge is 2.12.